The van der Waals surface area contributed by atoms with E-state index in [9.17, 15) is 4.79 Å². The highest BCUT2D eigenvalue weighted by Gasteiger charge is 2.30. The normalized spacial score (nSPS) is 17.2. The van der Waals surface area contributed by atoms with Gasteiger partial charge in [0.1, 0.15) is 0 Å². The van der Waals surface area contributed by atoms with E-state index in [1.54, 1.807) is 14.2 Å². The van der Waals surface area contributed by atoms with Crippen LogP contribution in [0.25, 0.3) is 0 Å². The molecule has 0 radical (unpaired) electrons. The number of fused-ring (bicyclic) bond motifs is 1. The van der Waals surface area contributed by atoms with E-state index in [1.165, 1.54) is 12.7 Å². The number of hydrogen-bond acceptors (Lipinski definition) is 6. The van der Waals surface area contributed by atoms with Gasteiger partial charge in [0.2, 0.25) is 0 Å². The molecule has 0 amide bonds. The Morgan fingerprint density at radius 1 is 1.21 bits per heavy atom. The smallest absolute Gasteiger partial charge is 0.307 e. The Kier molecular flexibility index (Phi) is 6.87. The third kappa shape index (κ3) is 4.19. The van der Waals surface area contributed by atoms with E-state index < -0.39 is 0 Å². The number of carbonyl (C=O) groups is 1. The molecule has 1 aliphatic heterocycles. The minimum Gasteiger partial charge on any atom is -0.493 e. The third-order valence-corrected chi connectivity index (χ3v) is 4.43. The van der Waals surface area contributed by atoms with Gasteiger partial charge < -0.3 is 18.9 Å². The molecule has 0 saturated heterocycles. The van der Waals surface area contributed by atoms with Crippen molar-refractivity contribution in [2.24, 2.45) is 0 Å². The van der Waals surface area contributed by atoms with E-state index >= 15 is 0 Å². The standard InChI is InChI=1S/C18H27NO5/c1-5-24-9-8-19-7-6-13-10-16(21-2)17(22-3)11-14(13)15(19)12-18(20)23-4/h10-11,15H,5-9,12H2,1-4H3/t15-/m0/s1. The molecular formula is C18H27NO5. The van der Waals surface area contributed by atoms with Crippen molar-refractivity contribution in [1.29, 1.82) is 0 Å². The van der Waals surface area contributed by atoms with Crippen molar-refractivity contribution in [2.75, 3.05) is 47.6 Å². The second-order valence-corrected chi connectivity index (χ2v) is 5.68. The molecule has 1 aromatic carbocycles. The molecule has 134 valence electrons. The molecule has 24 heavy (non-hydrogen) atoms. The van der Waals surface area contributed by atoms with Gasteiger partial charge in [0.05, 0.1) is 34.4 Å². The first-order chi connectivity index (χ1) is 11.6. The van der Waals surface area contributed by atoms with Crippen LogP contribution in [-0.4, -0.2) is 58.5 Å². The van der Waals surface area contributed by atoms with Crippen LogP contribution in [0.3, 0.4) is 0 Å². The number of carbonyl (C=O) groups excluding carboxylic acids is 1. The molecule has 0 saturated carbocycles. The second-order valence-electron chi connectivity index (χ2n) is 5.68. The summed E-state index contributed by atoms with van der Waals surface area (Å²) in [6.45, 7) is 4.98. The summed E-state index contributed by atoms with van der Waals surface area (Å²) in [6, 6.07) is 3.95. The third-order valence-electron chi connectivity index (χ3n) is 4.43. The van der Waals surface area contributed by atoms with Crippen LogP contribution in [0.4, 0.5) is 0 Å². The lowest BCUT2D eigenvalue weighted by Crippen LogP contribution is -2.39. The van der Waals surface area contributed by atoms with E-state index in [0.29, 0.717) is 25.4 Å². The largest absolute Gasteiger partial charge is 0.493 e. The van der Waals surface area contributed by atoms with Crippen LogP contribution in [0.15, 0.2) is 12.1 Å². The van der Waals surface area contributed by atoms with E-state index in [0.717, 1.165) is 30.8 Å². The Morgan fingerprint density at radius 2 is 1.92 bits per heavy atom. The summed E-state index contributed by atoms with van der Waals surface area (Å²) < 4.78 is 21.2. The summed E-state index contributed by atoms with van der Waals surface area (Å²) in [4.78, 5) is 14.2. The van der Waals surface area contributed by atoms with Gasteiger partial charge in [-0.15, -0.1) is 0 Å². The molecule has 2 rings (SSSR count). The minimum absolute atomic E-state index is 0.0403. The first-order valence-corrected chi connectivity index (χ1v) is 8.28. The molecule has 6 nitrogen and oxygen atoms in total. The number of nitrogens with zero attached hydrogens (tertiary/aromatic N) is 1. The van der Waals surface area contributed by atoms with Crippen LogP contribution in [-0.2, 0) is 20.7 Å². The van der Waals surface area contributed by atoms with Gasteiger partial charge in [0.15, 0.2) is 11.5 Å². The van der Waals surface area contributed by atoms with Crippen LogP contribution in [0.5, 0.6) is 11.5 Å². The quantitative estimate of drug-likeness (QED) is 0.535. The van der Waals surface area contributed by atoms with E-state index in [-0.39, 0.29) is 12.0 Å². The highest BCUT2D eigenvalue weighted by Crippen LogP contribution is 2.39. The average molecular weight is 337 g/mol. The molecule has 0 N–H and O–H groups in total. The van der Waals surface area contributed by atoms with Crippen LogP contribution < -0.4 is 9.47 Å². The zero-order valence-corrected chi connectivity index (χ0v) is 15.0. The summed E-state index contributed by atoms with van der Waals surface area (Å²) in [5.41, 5.74) is 2.29. The minimum atomic E-state index is -0.218. The Hall–Kier alpha value is -1.79. The number of hydrogen-bond donors (Lipinski definition) is 0. The maximum Gasteiger partial charge on any atom is 0.307 e. The lowest BCUT2D eigenvalue weighted by Gasteiger charge is -2.37. The summed E-state index contributed by atoms with van der Waals surface area (Å²) in [7, 11) is 4.67. The first-order valence-electron chi connectivity index (χ1n) is 8.28. The Labute approximate surface area is 143 Å². The molecule has 0 unspecified atom stereocenters. The molecule has 0 aromatic heterocycles. The Morgan fingerprint density at radius 3 is 2.54 bits per heavy atom. The Bertz CT molecular complexity index is 561. The molecule has 0 bridgehead atoms. The van der Waals surface area contributed by atoms with Crippen LogP contribution >= 0.6 is 0 Å². The highest BCUT2D eigenvalue weighted by molar-refractivity contribution is 5.70. The summed E-state index contributed by atoms with van der Waals surface area (Å²) >= 11 is 0. The molecule has 0 fully saturated rings. The summed E-state index contributed by atoms with van der Waals surface area (Å²) in [5.74, 6) is 1.18. The SMILES string of the molecule is CCOCCN1CCc2cc(OC)c(OC)cc2[C@@H]1CC(=O)OC. The van der Waals surface area contributed by atoms with Gasteiger partial charge in [-0.25, -0.2) is 0 Å². The monoisotopic (exact) mass is 337 g/mol. The zero-order valence-electron chi connectivity index (χ0n) is 15.0. The van der Waals surface area contributed by atoms with Gasteiger partial charge in [-0.05, 0) is 36.6 Å². The number of rotatable bonds is 8. The molecule has 0 spiro atoms. The number of esters is 1. The van der Waals surface area contributed by atoms with Crippen molar-refractivity contribution in [3.05, 3.63) is 23.3 Å². The number of methoxy groups -OCH3 is 3. The highest BCUT2D eigenvalue weighted by atomic mass is 16.5. The fraction of sp³-hybridized carbons (Fsp3) is 0.611. The lowest BCUT2D eigenvalue weighted by atomic mass is 9.90. The maximum atomic E-state index is 11.9. The maximum absolute atomic E-state index is 11.9. The summed E-state index contributed by atoms with van der Waals surface area (Å²) in [5, 5.41) is 0. The van der Waals surface area contributed by atoms with Gasteiger partial charge in [0.25, 0.3) is 0 Å². The van der Waals surface area contributed by atoms with Gasteiger partial charge in [-0.2, -0.15) is 0 Å². The molecule has 1 aliphatic rings. The fourth-order valence-corrected chi connectivity index (χ4v) is 3.15. The van der Waals surface area contributed by atoms with Crippen molar-refractivity contribution < 1.29 is 23.7 Å². The molecular weight excluding hydrogens is 310 g/mol. The second kappa shape index (κ2) is 8.89. The van der Waals surface area contributed by atoms with E-state index in [2.05, 4.69) is 4.90 Å². The molecule has 1 atom stereocenters. The van der Waals surface area contributed by atoms with Crippen molar-refractivity contribution in [3.8, 4) is 11.5 Å². The molecule has 1 heterocycles. The number of ether oxygens (including phenoxy) is 4. The van der Waals surface area contributed by atoms with E-state index in [1.807, 2.05) is 19.1 Å². The topological polar surface area (TPSA) is 57.2 Å². The molecule has 6 heteroatoms. The van der Waals surface area contributed by atoms with Crippen molar-refractivity contribution in [1.82, 2.24) is 4.90 Å². The van der Waals surface area contributed by atoms with E-state index in [4.69, 9.17) is 18.9 Å². The van der Waals surface area contributed by atoms with Crippen molar-refractivity contribution >= 4 is 5.97 Å². The van der Waals surface area contributed by atoms with Gasteiger partial charge in [0, 0.05) is 25.7 Å². The molecule has 1 aromatic rings. The zero-order chi connectivity index (χ0) is 17.5. The predicted octanol–water partition coefficient (Wildman–Crippen LogP) is 2.20. The molecule has 0 aliphatic carbocycles. The van der Waals surface area contributed by atoms with Gasteiger partial charge in [-0.1, -0.05) is 0 Å². The fourth-order valence-electron chi connectivity index (χ4n) is 3.15. The Balaban J connectivity index is 2.32. The van der Waals surface area contributed by atoms with Crippen LogP contribution in [0.2, 0.25) is 0 Å². The number of benzene rings is 1. The average Bonchev–Trinajstić information content (AvgIpc) is 2.62. The summed E-state index contributed by atoms with van der Waals surface area (Å²) in [6.07, 6.45) is 1.21. The first kappa shape index (κ1) is 18.5. The predicted molar refractivity (Wildman–Crippen MR) is 90.7 cm³/mol. The van der Waals surface area contributed by atoms with Crippen molar-refractivity contribution in [2.45, 2.75) is 25.8 Å². The van der Waals surface area contributed by atoms with Crippen LogP contribution in [0.1, 0.15) is 30.5 Å². The van der Waals surface area contributed by atoms with Gasteiger partial charge in [-0.3, -0.25) is 9.69 Å². The van der Waals surface area contributed by atoms with Crippen LogP contribution in [0, 0.1) is 0 Å². The van der Waals surface area contributed by atoms with Crippen molar-refractivity contribution in [3.63, 3.8) is 0 Å². The van der Waals surface area contributed by atoms with Gasteiger partial charge >= 0.3 is 5.97 Å². The lowest BCUT2D eigenvalue weighted by molar-refractivity contribution is -0.142.